The number of rotatable bonds is 7. The van der Waals surface area contributed by atoms with Crippen LogP contribution in [0.4, 0.5) is 5.95 Å². The molecule has 2 aromatic heterocycles. The molecule has 39 heavy (non-hydrogen) atoms. The number of hydrogen-bond donors (Lipinski definition) is 3. The van der Waals surface area contributed by atoms with E-state index in [4.69, 9.17) is 15.2 Å². The molecule has 0 aliphatic carbocycles. The van der Waals surface area contributed by atoms with Crippen LogP contribution in [-0.2, 0) is 4.74 Å². The molecule has 0 amide bonds. The number of ether oxygens (including phenoxy) is 2. The Hall–Kier alpha value is -3.46. The second-order valence-electron chi connectivity index (χ2n) is 9.43. The van der Waals surface area contributed by atoms with Gasteiger partial charge in [-0.1, -0.05) is 48.5 Å². The number of anilines is 1. The number of ketones is 2. The highest BCUT2D eigenvalue weighted by atomic mass is 127. The Labute approximate surface area is 237 Å². The summed E-state index contributed by atoms with van der Waals surface area (Å²) in [6.07, 6.45) is -4.87. The molecule has 4 N–H and O–H groups in total. The van der Waals surface area contributed by atoms with E-state index in [0.717, 1.165) is 0 Å². The molecule has 11 nitrogen and oxygen atoms in total. The standard InChI is InChI=1S/C27H26IN5O6/c1-13-8-4-6-10-15(13)19(34)20(35)22-27(37,21(36)16-11-7-5-9-14(16)2)12-17(39-22)33-24-18(23(28)32-33)25(38-3)31-26(29)30-24/h4-11,17,20,22,35,37H,12H2,1-3H3,(H2,29,30,31)/t17-,20?,22+,27+/m0/s1. The van der Waals surface area contributed by atoms with E-state index in [1.165, 1.54) is 11.8 Å². The average molecular weight is 643 g/mol. The maximum atomic E-state index is 13.9. The van der Waals surface area contributed by atoms with Crippen molar-refractivity contribution in [3.05, 3.63) is 74.5 Å². The molecular weight excluding hydrogens is 617 g/mol. The number of nitrogens with zero attached hydrogens (tertiary/aromatic N) is 4. The van der Waals surface area contributed by atoms with Gasteiger partial charge in [0.05, 0.1) is 7.11 Å². The third kappa shape index (κ3) is 4.56. The zero-order chi connectivity index (χ0) is 28.1. The van der Waals surface area contributed by atoms with Gasteiger partial charge in [-0.05, 0) is 47.6 Å². The lowest BCUT2D eigenvalue weighted by molar-refractivity contribution is -0.0922. The first kappa shape index (κ1) is 27.1. The van der Waals surface area contributed by atoms with Crippen LogP contribution in [0.3, 0.4) is 0 Å². The predicted octanol–water partition coefficient (Wildman–Crippen LogP) is 2.78. The molecule has 12 heteroatoms. The molecule has 0 spiro atoms. The van der Waals surface area contributed by atoms with Gasteiger partial charge in [-0.15, -0.1) is 0 Å². The molecule has 202 valence electrons. The Morgan fingerprint density at radius 3 is 2.36 bits per heavy atom. The van der Waals surface area contributed by atoms with E-state index in [1.807, 2.05) is 22.6 Å². The third-order valence-electron chi connectivity index (χ3n) is 6.97. The number of benzene rings is 2. The van der Waals surface area contributed by atoms with Crippen LogP contribution in [-0.4, -0.2) is 66.4 Å². The van der Waals surface area contributed by atoms with Gasteiger partial charge in [-0.25, -0.2) is 4.68 Å². The minimum atomic E-state index is -2.28. The molecule has 0 bridgehead atoms. The van der Waals surface area contributed by atoms with Gasteiger partial charge in [0.25, 0.3) is 0 Å². The first-order valence-corrected chi connectivity index (χ1v) is 13.2. The molecule has 0 radical (unpaired) electrons. The summed E-state index contributed by atoms with van der Waals surface area (Å²) in [6, 6.07) is 13.5. The number of hydrogen-bond acceptors (Lipinski definition) is 10. The molecule has 1 aliphatic heterocycles. The number of halogens is 1. The number of nitrogen functional groups attached to an aromatic ring is 1. The minimum Gasteiger partial charge on any atom is -0.480 e. The van der Waals surface area contributed by atoms with Crippen molar-refractivity contribution in [2.75, 3.05) is 12.8 Å². The van der Waals surface area contributed by atoms with Crippen molar-refractivity contribution in [1.29, 1.82) is 0 Å². The second-order valence-corrected chi connectivity index (χ2v) is 10.5. The second kappa shape index (κ2) is 10.3. The molecule has 3 heterocycles. The van der Waals surface area contributed by atoms with Gasteiger partial charge in [0, 0.05) is 17.5 Å². The highest BCUT2D eigenvalue weighted by molar-refractivity contribution is 14.1. The summed E-state index contributed by atoms with van der Waals surface area (Å²) in [6.45, 7) is 3.47. The molecule has 0 saturated carbocycles. The van der Waals surface area contributed by atoms with E-state index < -0.39 is 35.6 Å². The summed E-state index contributed by atoms with van der Waals surface area (Å²) in [4.78, 5) is 35.7. The van der Waals surface area contributed by atoms with E-state index in [-0.39, 0.29) is 35.0 Å². The Kier molecular flexibility index (Phi) is 7.13. The fourth-order valence-electron chi connectivity index (χ4n) is 4.95. The van der Waals surface area contributed by atoms with Crippen LogP contribution in [0, 0.1) is 17.5 Å². The lowest BCUT2D eigenvalue weighted by Crippen LogP contribution is -2.54. The third-order valence-corrected chi connectivity index (χ3v) is 7.72. The van der Waals surface area contributed by atoms with Crippen molar-refractivity contribution in [3.63, 3.8) is 0 Å². The first-order chi connectivity index (χ1) is 18.6. The highest BCUT2D eigenvalue weighted by Gasteiger charge is 2.58. The number of carbonyl (C=O) groups is 2. The lowest BCUT2D eigenvalue weighted by atomic mass is 9.81. The average Bonchev–Trinajstić information content (AvgIpc) is 3.45. The predicted molar refractivity (Wildman–Crippen MR) is 150 cm³/mol. The Bertz CT molecular complexity index is 1610. The van der Waals surface area contributed by atoms with Gasteiger partial charge in [-0.3, -0.25) is 9.59 Å². The Balaban J connectivity index is 1.62. The summed E-state index contributed by atoms with van der Waals surface area (Å²) in [5.41, 5.74) is 5.63. The van der Waals surface area contributed by atoms with Crippen LogP contribution in [0.1, 0.15) is 44.5 Å². The van der Waals surface area contributed by atoms with Crippen LogP contribution < -0.4 is 10.5 Å². The summed E-state index contributed by atoms with van der Waals surface area (Å²) >= 11 is 1.98. The van der Waals surface area contributed by atoms with Crippen molar-refractivity contribution >= 4 is 51.1 Å². The number of aromatic nitrogens is 4. The van der Waals surface area contributed by atoms with Crippen LogP contribution in [0.5, 0.6) is 5.88 Å². The number of fused-ring (bicyclic) bond motifs is 1. The molecule has 4 aromatic rings. The van der Waals surface area contributed by atoms with E-state index in [2.05, 4.69) is 15.1 Å². The molecule has 1 saturated heterocycles. The molecule has 1 fully saturated rings. The highest BCUT2D eigenvalue weighted by Crippen LogP contribution is 2.43. The fourth-order valence-corrected chi connectivity index (χ4v) is 5.66. The Morgan fingerprint density at radius 2 is 1.74 bits per heavy atom. The van der Waals surface area contributed by atoms with Crippen LogP contribution in [0.2, 0.25) is 0 Å². The van der Waals surface area contributed by atoms with E-state index >= 15 is 0 Å². The number of Topliss-reactive ketones (excluding diaryl/α,β-unsaturated/α-hetero) is 2. The number of aliphatic hydroxyl groups excluding tert-OH is 1. The van der Waals surface area contributed by atoms with E-state index in [9.17, 15) is 19.8 Å². The van der Waals surface area contributed by atoms with Crippen molar-refractivity contribution < 1.29 is 29.3 Å². The zero-order valence-electron chi connectivity index (χ0n) is 21.3. The largest absolute Gasteiger partial charge is 0.480 e. The van der Waals surface area contributed by atoms with Crippen molar-refractivity contribution in [2.24, 2.45) is 0 Å². The Morgan fingerprint density at radius 1 is 1.13 bits per heavy atom. The van der Waals surface area contributed by atoms with Gasteiger partial charge < -0.3 is 25.4 Å². The molecule has 1 unspecified atom stereocenters. The normalized spacial score (nSPS) is 21.7. The number of carbonyl (C=O) groups excluding carboxylic acids is 2. The monoisotopic (exact) mass is 643 g/mol. The van der Waals surface area contributed by atoms with Gasteiger partial charge in [0.2, 0.25) is 11.8 Å². The minimum absolute atomic E-state index is 0.0764. The van der Waals surface area contributed by atoms with Crippen molar-refractivity contribution in [1.82, 2.24) is 19.7 Å². The SMILES string of the molecule is COc1nc(N)nc2c1c(I)nn2[C@@H]1C[C@@](O)(C(=O)c2ccccc2C)[C@@H](C(O)C(=O)c2ccccc2C)O1. The van der Waals surface area contributed by atoms with Gasteiger partial charge in [-0.2, -0.15) is 15.1 Å². The topological polar surface area (TPSA) is 163 Å². The fraction of sp³-hybridized carbons (Fsp3) is 0.296. The maximum absolute atomic E-state index is 13.9. The van der Waals surface area contributed by atoms with Gasteiger partial charge in [0.1, 0.15) is 21.3 Å². The molecule has 1 aliphatic rings. The van der Waals surface area contributed by atoms with Crippen LogP contribution >= 0.6 is 22.6 Å². The first-order valence-electron chi connectivity index (χ1n) is 12.1. The molecular formula is C27H26IN5O6. The van der Waals surface area contributed by atoms with E-state index in [1.54, 1.807) is 62.4 Å². The number of aliphatic hydroxyl groups is 2. The van der Waals surface area contributed by atoms with Crippen molar-refractivity contribution in [2.45, 2.75) is 44.3 Å². The number of methoxy groups -OCH3 is 1. The quantitative estimate of drug-likeness (QED) is 0.202. The summed E-state index contributed by atoms with van der Waals surface area (Å²) in [5.74, 6) is -1.23. The summed E-state index contributed by atoms with van der Waals surface area (Å²) in [7, 11) is 1.43. The summed E-state index contributed by atoms with van der Waals surface area (Å²) in [5, 5.41) is 28.3. The maximum Gasteiger partial charge on any atom is 0.230 e. The van der Waals surface area contributed by atoms with E-state index in [0.29, 0.717) is 20.2 Å². The smallest absolute Gasteiger partial charge is 0.230 e. The number of nitrogens with two attached hydrogens (primary N) is 1. The molecule has 4 atom stereocenters. The van der Waals surface area contributed by atoms with Gasteiger partial charge in [0.15, 0.2) is 29.0 Å². The number of aryl methyl sites for hydroxylation is 2. The molecule has 2 aromatic carbocycles. The van der Waals surface area contributed by atoms with Crippen molar-refractivity contribution in [3.8, 4) is 5.88 Å². The van der Waals surface area contributed by atoms with Gasteiger partial charge >= 0.3 is 0 Å². The zero-order valence-corrected chi connectivity index (χ0v) is 23.5. The van der Waals surface area contributed by atoms with Crippen LogP contribution in [0.15, 0.2) is 48.5 Å². The lowest BCUT2D eigenvalue weighted by Gasteiger charge is -2.30. The summed E-state index contributed by atoms with van der Waals surface area (Å²) < 4.78 is 13.3. The van der Waals surface area contributed by atoms with Crippen LogP contribution in [0.25, 0.3) is 11.0 Å². The molecule has 5 rings (SSSR count).